The lowest BCUT2D eigenvalue weighted by molar-refractivity contribution is -0.123. The van der Waals surface area contributed by atoms with E-state index in [2.05, 4.69) is 10.6 Å². The highest BCUT2D eigenvalue weighted by atomic mass is 19.1. The van der Waals surface area contributed by atoms with E-state index < -0.39 is 11.8 Å². The summed E-state index contributed by atoms with van der Waals surface area (Å²) in [4.78, 5) is 23.7. The average Bonchev–Trinajstić information content (AvgIpc) is 2.45. The summed E-state index contributed by atoms with van der Waals surface area (Å²) in [5, 5.41) is 5.26. The Morgan fingerprint density at radius 3 is 2.27 bits per heavy atom. The van der Waals surface area contributed by atoms with Crippen molar-refractivity contribution in [3.8, 4) is 0 Å². The highest BCUT2D eigenvalue weighted by molar-refractivity contribution is 6.08. The van der Waals surface area contributed by atoms with Crippen LogP contribution in [0.3, 0.4) is 0 Å². The number of carbonyl (C=O) groups excluding carboxylic acids is 2. The van der Waals surface area contributed by atoms with Crippen LogP contribution in [0, 0.1) is 19.7 Å². The molecule has 4 nitrogen and oxygen atoms in total. The van der Waals surface area contributed by atoms with Gasteiger partial charge in [-0.1, -0.05) is 12.1 Å². The molecule has 0 saturated carbocycles. The average molecular weight is 300 g/mol. The Hall–Kier alpha value is -2.69. The predicted octanol–water partition coefficient (Wildman–Crippen LogP) is 3.41. The van der Waals surface area contributed by atoms with Gasteiger partial charge in [0.15, 0.2) is 0 Å². The number of aryl methyl sites for hydroxylation is 2. The van der Waals surface area contributed by atoms with Gasteiger partial charge < -0.3 is 10.6 Å². The van der Waals surface area contributed by atoms with E-state index in [1.54, 1.807) is 0 Å². The molecule has 2 aromatic rings. The number of nitrogens with one attached hydrogen (secondary N) is 2. The van der Waals surface area contributed by atoms with Crippen molar-refractivity contribution in [1.29, 1.82) is 0 Å². The lowest BCUT2D eigenvalue weighted by Crippen LogP contribution is -2.21. The number of hydrogen-bond donors (Lipinski definition) is 2. The second-order valence-electron chi connectivity index (χ2n) is 5.10. The number of benzene rings is 2. The third-order valence-corrected chi connectivity index (χ3v) is 3.12. The summed E-state index contributed by atoms with van der Waals surface area (Å²) in [7, 11) is 0. The Morgan fingerprint density at radius 2 is 1.59 bits per heavy atom. The number of rotatable bonds is 4. The molecule has 5 heteroatoms. The fourth-order valence-electron chi connectivity index (χ4n) is 1.95. The Morgan fingerprint density at radius 1 is 0.955 bits per heavy atom. The molecule has 22 heavy (non-hydrogen) atoms. The van der Waals surface area contributed by atoms with Gasteiger partial charge in [0.25, 0.3) is 0 Å². The van der Waals surface area contributed by atoms with E-state index in [0.29, 0.717) is 11.4 Å². The predicted molar refractivity (Wildman–Crippen MR) is 84.2 cm³/mol. The maximum Gasteiger partial charge on any atom is 0.233 e. The molecule has 0 spiro atoms. The molecule has 0 atom stereocenters. The van der Waals surface area contributed by atoms with Crippen molar-refractivity contribution in [2.24, 2.45) is 0 Å². The summed E-state index contributed by atoms with van der Waals surface area (Å²) in [5.41, 5.74) is 3.10. The fourth-order valence-corrected chi connectivity index (χ4v) is 1.95. The van der Waals surface area contributed by atoms with Gasteiger partial charge in [0.1, 0.15) is 12.2 Å². The van der Waals surface area contributed by atoms with Crippen LogP contribution in [0.25, 0.3) is 0 Å². The van der Waals surface area contributed by atoms with Crippen LogP contribution < -0.4 is 10.6 Å². The van der Waals surface area contributed by atoms with E-state index in [1.165, 1.54) is 24.3 Å². The van der Waals surface area contributed by atoms with Crippen LogP contribution in [-0.2, 0) is 9.59 Å². The first-order chi connectivity index (χ1) is 10.4. The van der Waals surface area contributed by atoms with Gasteiger partial charge in [0.2, 0.25) is 11.8 Å². The quantitative estimate of drug-likeness (QED) is 0.850. The first-order valence-electron chi connectivity index (χ1n) is 6.86. The van der Waals surface area contributed by atoms with Crippen molar-refractivity contribution in [3.63, 3.8) is 0 Å². The van der Waals surface area contributed by atoms with Crippen molar-refractivity contribution in [2.45, 2.75) is 20.3 Å². The van der Waals surface area contributed by atoms with E-state index in [4.69, 9.17) is 0 Å². The summed E-state index contributed by atoms with van der Waals surface area (Å²) < 4.78 is 12.8. The monoisotopic (exact) mass is 300 g/mol. The first-order valence-corrected chi connectivity index (χ1v) is 6.86. The largest absolute Gasteiger partial charge is 0.326 e. The summed E-state index contributed by atoms with van der Waals surface area (Å²) in [5.74, 6) is -1.23. The van der Waals surface area contributed by atoms with Crippen LogP contribution in [0.15, 0.2) is 42.5 Å². The molecule has 0 aliphatic rings. The molecule has 0 aliphatic carbocycles. The summed E-state index contributed by atoms with van der Waals surface area (Å²) >= 11 is 0. The van der Waals surface area contributed by atoms with E-state index in [1.807, 2.05) is 32.0 Å². The van der Waals surface area contributed by atoms with Crippen LogP contribution in [-0.4, -0.2) is 11.8 Å². The van der Waals surface area contributed by atoms with Gasteiger partial charge in [-0.15, -0.1) is 0 Å². The van der Waals surface area contributed by atoms with Crippen molar-refractivity contribution in [1.82, 2.24) is 0 Å². The zero-order valence-electron chi connectivity index (χ0n) is 12.4. The molecule has 2 N–H and O–H groups in total. The topological polar surface area (TPSA) is 58.2 Å². The maximum atomic E-state index is 12.8. The van der Waals surface area contributed by atoms with Gasteiger partial charge in [-0.3, -0.25) is 9.59 Å². The van der Waals surface area contributed by atoms with Crippen LogP contribution >= 0.6 is 0 Å². The molecule has 0 heterocycles. The standard InChI is InChI=1S/C17H17FN2O2/c1-11-3-4-12(2)15(9-11)20-17(22)10-16(21)19-14-7-5-13(18)6-8-14/h3-9H,10H2,1-2H3,(H,19,21)(H,20,22). The third-order valence-electron chi connectivity index (χ3n) is 3.12. The van der Waals surface area contributed by atoms with Crippen molar-refractivity contribution in [3.05, 3.63) is 59.4 Å². The Kier molecular flexibility index (Phi) is 4.88. The molecule has 0 bridgehead atoms. The lowest BCUT2D eigenvalue weighted by atomic mass is 10.1. The van der Waals surface area contributed by atoms with Gasteiger partial charge >= 0.3 is 0 Å². The molecule has 0 radical (unpaired) electrons. The number of anilines is 2. The molecule has 2 aromatic carbocycles. The van der Waals surface area contributed by atoms with Crippen LogP contribution in [0.5, 0.6) is 0 Å². The van der Waals surface area contributed by atoms with E-state index in [0.717, 1.165) is 11.1 Å². The molecule has 0 aliphatic heterocycles. The molecule has 0 saturated heterocycles. The van der Waals surface area contributed by atoms with E-state index >= 15 is 0 Å². The second-order valence-corrected chi connectivity index (χ2v) is 5.10. The van der Waals surface area contributed by atoms with Gasteiger partial charge in [0, 0.05) is 11.4 Å². The SMILES string of the molecule is Cc1ccc(C)c(NC(=O)CC(=O)Nc2ccc(F)cc2)c1. The second kappa shape index (κ2) is 6.85. The normalized spacial score (nSPS) is 10.1. The minimum atomic E-state index is -0.450. The molecule has 0 unspecified atom stereocenters. The number of amides is 2. The van der Waals surface area contributed by atoms with Gasteiger partial charge in [-0.2, -0.15) is 0 Å². The molecular weight excluding hydrogens is 283 g/mol. The summed E-state index contributed by atoms with van der Waals surface area (Å²) in [6.45, 7) is 3.81. The smallest absolute Gasteiger partial charge is 0.233 e. The minimum absolute atomic E-state index is 0.301. The van der Waals surface area contributed by atoms with Crippen molar-refractivity contribution < 1.29 is 14.0 Å². The van der Waals surface area contributed by atoms with Gasteiger partial charge in [-0.25, -0.2) is 4.39 Å². The number of carbonyl (C=O) groups is 2. The summed E-state index contributed by atoms with van der Waals surface area (Å²) in [6, 6.07) is 11.1. The van der Waals surface area contributed by atoms with Crippen molar-refractivity contribution >= 4 is 23.2 Å². The van der Waals surface area contributed by atoms with Crippen LogP contribution in [0.1, 0.15) is 17.5 Å². The molecule has 0 aromatic heterocycles. The van der Waals surface area contributed by atoms with E-state index in [-0.39, 0.29) is 12.2 Å². The highest BCUT2D eigenvalue weighted by Crippen LogP contribution is 2.16. The molecule has 0 fully saturated rings. The molecule has 2 rings (SSSR count). The van der Waals surface area contributed by atoms with Crippen LogP contribution in [0.4, 0.5) is 15.8 Å². The molecular formula is C17H17FN2O2. The Labute approximate surface area is 128 Å². The lowest BCUT2D eigenvalue weighted by Gasteiger charge is -2.09. The van der Waals surface area contributed by atoms with Crippen molar-refractivity contribution in [2.75, 3.05) is 10.6 Å². The number of hydrogen-bond acceptors (Lipinski definition) is 2. The minimum Gasteiger partial charge on any atom is -0.326 e. The maximum absolute atomic E-state index is 12.8. The molecule has 2 amide bonds. The Bertz CT molecular complexity index is 696. The number of halogens is 1. The highest BCUT2D eigenvalue weighted by Gasteiger charge is 2.11. The van der Waals surface area contributed by atoms with Crippen LogP contribution in [0.2, 0.25) is 0 Å². The Balaban J connectivity index is 1.92. The summed E-state index contributed by atoms with van der Waals surface area (Å²) in [6.07, 6.45) is -0.301. The zero-order valence-corrected chi connectivity index (χ0v) is 12.4. The fraction of sp³-hybridized carbons (Fsp3) is 0.176. The van der Waals surface area contributed by atoms with E-state index in [9.17, 15) is 14.0 Å². The third kappa shape index (κ3) is 4.41. The van der Waals surface area contributed by atoms with Gasteiger partial charge in [0.05, 0.1) is 0 Å². The molecule has 114 valence electrons. The first kappa shape index (κ1) is 15.7. The zero-order chi connectivity index (χ0) is 16.1. The van der Waals surface area contributed by atoms with Gasteiger partial charge in [-0.05, 0) is 55.3 Å².